The van der Waals surface area contributed by atoms with E-state index in [1.165, 1.54) is 98.0 Å². The lowest BCUT2D eigenvalue weighted by Gasteiger charge is -2.27. The smallest absolute Gasteiger partial charge is 0.119 e. The van der Waals surface area contributed by atoms with Crippen LogP contribution in [0.25, 0.3) is 86.9 Å². The van der Waals surface area contributed by atoms with Crippen LogP contribution < -0.4 is 19.3 Å². The summed E-state index contributed by atoms with van der Waals surface area (Å²) in [4.78, 5) is 4.83. The van der Waals surface area contributed by atoms with Crippen molar-refractivity contribution in [1.29, 1.82) is 0 Å². The van der Waals surface area contributed by atoms with Crippen molar-refractivity contribution < 1.29 is 9.47 Å². The second-order valence-corrected chi connectivity index (χ2v) is 19.6. The Morgan fingerprint density at radius 2 is 0.622 bits per heavy atom. The monoisotopic (exact) mass is 956 g/mol. The lowest BCUT2D eigenvalue weighted by atomic mass is 9.87. The summed E-state index contributed by atoms with van der Waals surface area (Å²) in [7, 11) is 3.46. The van der Waals surface area contributed by atoms with Crippen molar-refractivity contribution in [2.75, 3.05) is 24.0 Å². The normalized spacial score (nSPS) is 11.7. The maximum absolute atomic E-state index is 5.66. The van der Waals surface area contributed by atoms with Crippen LogP contribution in [-0.2, 0) is 12.8 Å². The summed E-state index contributed by atoms with van der Waals surface area (Å²) >= 11 is 0. The largest absolute Gasteiger partial charge is 0.497 e. The van der Waals surface area contributed by atoms with Crippen LogP contribution in [0.2, 0.25) is 0 Å². The van der Waals surface area contributed by atoms with E-state index in [2.05, 4.69) is 242 Å². The Morgan fingerprint density at radius 3 is 0.959 bits per heavy atom. The van der Waals surface area contributed by atoms with E-state index in [4.69, 9.17) is 9.47 Å². The lowest BCUT2D eigenvalue weighted by Crippen LogP contribution is -2.10. The first-order valence-corrected chi connectivity index (χ1v) is 26.1. The first kappa shape index (κ1) is 45.0. The van der Waals surface area contributed by atoms with Crippen LogP contribution in [0, 0.1) is 0 Å². The minimum atomic E-state index is 0.831. The van der Waals surface area contributed by atoms with Gasteiger partial charge in [-0.2, -0.15) is 0 Å². The third kappa shape index (κ3) is 7.27. The third-order valence-corrected chi connectivity index (χ3v) is 15.3. The average Bonchev–Trinajstić information content (AvgIpc) is 3.99. The summed E-state index contributed by atoms with van der Waals surface area (Å²) in [5, 5.41) is 15.1. The number of nitrogens with zero attached hydrogens (tertiary/aromatic N) is 2. The van der Waals surface area contributed by atoms with Crippen LogP contribution in [0.4, 0.5) is 34.1 Å². The van der Waals surface area contributed by atoms with Gasteiger partial charge in [0, 0.05) is 33.5 Å². The van der Waals surface area contributed by atoms with Crippen LogP contribution in [0.15, 0.2) is 218 Å². The predicted octanol–water partition coefficient (Wildman–Crippen LogP) is 19.7. The van der Waals surface area contributed by atoms with E-state index in [9.17, 15) is 0 Å². The highest BCUT2D eigenvalue weighted by Crippen LogP contribution is 2.57. The summed E-state index contributed by atoms with van der Waals surface area (Å²) in [6, 6.07) is 80.9. The molecule has 0 amide bonds. The molecule has 0 bridgehead atoms. The van der Waals surface area contributed by atoms with Crippen molar-refractivity contribution in [3.8, 4) is 33.8 Å². The van der Waals surface area contributed by atoms with E-state index in [1.54, 1.807) is 14.2 Å². The van der Waals surface area contributed by atoms with Crippen molar-refractivity contribution in [2.24, 2.45) is 0 Å². The molecule has 0 saturated heterocycles. The number of hydrogen-bond acceptors (Lipinski definition) is 4. The fourth-order valence-electron chi connectivity index (χ4n) is 12.1. The van der Waals surface area contributed by atoms with Crippen LogP contribution in [-0.4, -0.2) is 14.2 Å². The summed E-state index contributed by atoms with van der Waals surface area (Å²) in [5.41, 5.74) is 14.3. The fraction of sp³-hybridized carbons (Fsp3) is 0.114. The second kappa shape index (κ2) is 18.6. The molecule has 0 heterocycles. The first-order valence-electron chi connectivity index (χ1n) is 26.1. The van der Waals surface area contributed by atoms with E-state index in [1.807, 2.05) is 0 Å². The fourth-order valence-corrected chi connectivity index (χ4v) is 12.1. The molecule has 0 aliphatic heterocycles. The average molecular weight is 957 g/mol. The number of fused-ring (bicyclic) bond motifs is 6. The van der Waals surface area contributed by atoms with Gasteiger partial charge in [-0.05, 0) is 185 Å². The Morgan fingerprint density at radius 1 is 0.297 bits per heavy atom. The van der Waals surface area contributed by atoms with Gasteiger partial charge in [0.15, 0.2) is 0 Å². The quantitative estimate of drug-likeness (QED) is 0.108. The Kier molecular flexibility index (Phi) is 11.3. The molecule has 4 nitrogen and oxygen atoms in total. The van der Waals surface area contributed by atoms with Gasteiger partial charge in [0.05, 0.1) is 25.6 Å². The Labute approximate surface area is 432 Å². The topological polar surface area (TPSA) is 24.9 Å². The lowest BCUT2D eigenvalue weighted by molar-refractivity contribution is 0.414. The van der Waals surface area contributed by atoms with Crippen LogP contribution in [0.3, 0.4) is 0 Å². The van der Waals surface area contributed by atoms with Gasteiger partial charge in [-0.3, -0.25) is 0 Å². The van der Waals surface area contributed by atoms with Gasteiger partial charge in [-0.15, -0.1) is 0 Å². The Bertz CT molecular complexity index is 3800. The molecule has 13 aromatic carbocycles. The van der Waals surface area contributed by atoms with Gasteiger partial charge in [-0.25, -0.2) is 0 Å². The third-order valence-electron chi connectivity index (χ3n) is 15.3. The zero-order valence-corrected chi connectivity index (χ0v) is 42.3. The maximum atomic E-state index is 5.66. The van der Waals surface area contributed by atoms with Gasteiger partial charge >= 0.3 is 0 Å². The summed E-state index contributed by atoms with van der Waals surface area (Å²) in [6.07, 6.45) is 4.32. The van der Waals surface area contributed by atoms with E-state index >= 15 is 0 Å². The molecule has 0 aliphatic carbocycles. The van der Waals surface area contributed by atoms with Crippen molar-refractivity contribution in [3.63, 3.8) is 0 Å². The van der Waals surface area contributed by atoms with Gasteiger partial charge < -0.3 is 19.3 Å². The van der Waals surface area contributed by atoms with E-state index in [0.29, 0.717) is 0 Å². The van der Waals surface area contributed by atoms with Gasteiger partial charge in [0.2, 0.25) is 0 Å². The molecule has 0 unspecified atom stereocenters. The predicted molar refractivity (Wildman–Crippen MR) is 315 cm³/mol. The molecule has 0 fully saturated rings. The van der Waals surface area contributed by atoms with Crippen LogP contribution >= 0.6 is 0 Å². The molecular weight excluding hydrogens is 901 g/mol. The molecule has 0 aliphatic rings. The van der Waals surface area contributed by atoms with E-state index in [0.717, 1.165) is 71.3 Å². The summed E-state index contributed by atoms with van der Waals surface area (Å²) < 4.78 is 11.3. The molecular formula is C70H56N2O2. The highest BCUT2D eigenvalue weighted by molar-refractivity contribution is 6.47. The second-order valence-electron chi connectivity index (χ2n) is 19.6. The SMILES string of the molecule is CCCc1ccc(N(c2ccc(OC)cc2)c2ccc3c4c(-c5ccccc5)c5c6ccc(N(c7ccc(CCC)cc7)c7ccc(OC)cc7)c7cccc(c5c(-c5ccccc5)c4c4cccc2c43)c76)cc1. The number of anilines is 6. The first-order chi connectivity index (χ1) is 36.6. The molecule has 358 valence electrons. The standard InChI is InChI=1S/C70H56N2O2/c1-5-15-45-25-29-49(30-26-45)71(51-33-37-53(73-3)38-34-51)61-43-41-59-65-55(61)21-13-23-57(65)67-63(47-17-9-7-10-18-47)68-58-24-14-22-56-62(44-42-60(66(56)58)70(68)64(69(59)67)48-19-11-8-12-20-48)72(52-35-39-54(74-4)40-36-52)50-31-27-46(16-6-2)28-32-50/h7-14,17-44H,5-6,15-16H2,1-4H3. The zero-order valence-electron chi connectivity index (χ0n) is 42.3. The molecule has 0 saturated carbocycles. The minimum Gasteiger partial charge on any atom is -0.497 e. The molecule has 13 aromatic rings. The van der Waals surface area contributed by atoms with Crippen molar-refractivity contribution in [2.45, 2.75) is 39.5 Å². The Hall–Kier alpha value is -8.86. The molecule has 74 heavy (non-hydrogen) atoms. The van der Waals surface area contributed by atoms with Crippen molar-refractivity contribution >= 4 is 98.8 Å². The molecule has 0 radical (unpaired) electrons. The van der Waals surface area contributed by atoms with Crippen LogP contribution in [0.5, 0.6) is 11.5 Å². The summed E-state index contributed by atoms with van der Waals surface area (Å²) in [5.74, 6) is 1.66. The van der Waals surface area contributed by atoms with Crippen molar-refractivity contribution in [1.82, 2.24) is 0 Å². The van der Waals surface area contributed by atoms with E-state index in [-0.39, 0.29) is 0 Å². The maximum Gasteiger partial charge on any atom is 0.119 e. The molecule has 0 aromatic heterocycles. The zero-order chi connectivity index (χ0) is 49.9. The molecule has 0 atom stereocenters. The number of methoxy groups -OCH3 is 2. The molecule has 0 spiro atoms. The Balaban J connectivity index is 1.14. The van der Waals surface area contributed by atoms with E-state index < -0.39 is 0 Å². The number of rotatable bonds is 14. The van der Waals surface area contributed by atoms with Crippen molar-refractivity contribution in [3.05, 3.63) is 230 Å². The molecule has 4 heteroatoms. The number of benzene rings is 11. The van der Waals surface area contributed by atoms with Gasteiger partial charge in [0.25, 0.3) is 0 Å². The minimum absolute atomic E-state index is 0.831. The van der Waals surface area contributed by atoms with Gasteiger partial charge in [0.1, 0.15) is 11.5 Å². The molecule has 13 rings (SSSR count). The number of aryl methyl sites for hydroxylation is 2. The van der Waals surface area contributed by atoms with Gasteiger partial charge in [-0.1, -0.05) is 160 Å². The summed E-state index contributed by atoms with van der Waals surface area (Å²) in [6.45, 7) is 4.48. The highest BCUT2D eigenvalue weighted by Gasteiger charge is 2.30. The number of hydrogen-bond donors (Lipinski definition) is 0. The number of ether oxygens (including phenoxy) is 2. The van der Waals surface area contributed by atoms with Crippen LogP contribution in [0.1, 0.15) is 37.8 Å². The highest BCUT2D eigenvalue weighted by atomic mass is 16.5. The molecule has 0 N–H and O–H groups in total.